The number of amides is 2. The number of hydrogen-bond donors (Lipinski definition) is 2. The molecule has 120 valence electrons. The van der Waals surface area contributed by atoms with Crippen LogP contribution in [0.15, 0.2) is 48.5 Å². The maximum atomic E-state index is 13.6. The number of aliphatic hydroxyl groups excluding tert-OH is 1. The van der Waals surface area contributed by atoms with E-state index in [2.05, 4.69) is 5.32 Å². The molecule has 1 aliphatic rings. The Balaban J connectivity index is 1.82. The molecular formula is C18H19FN2O2. The van der Waals surface area contributed by atoms with Gasteiger partial charge >= 0.3 is 6.03 Å². The monoisotopic (exact) mass is 314 g/mol. The SMILES string of the molecule is O=C(Nc1cc(F)ccc1-c1ccccc1)N1CCC(O)CC1. The largest absolute Gasteiger partial charge is 0.393 e. The summed E-state index contributed by atoms with van der Waals surface area (Å²) in [6.07, 6.45) is 0.803. The number of rotatable bonds is 2. The van der Waals surface area contributed by atoms with Gasteiger partial charge < -0.3 is 15.3 Å². The third kappa shape index (κ3) is 3.68. The lowest BCUT2D eigenvalue weighted by atomic mass is 10.0. The molecule has 0 radical (unpaired) electrons. The van der Waals surface area contributed by atoms with E-state index in [1.54, 1.807) is 11.0 Å². The zero-order valence-corrected chi connectivity index (χ0v) is 12.7. The Morgan fingerprint density at radius 3 is 2.52 bits per heavy atom. The van der Waals surface area contributed by atoms with Crippen LogP contribution < -0.4 is 5.32 Å². The van der Waals surface area contributed by atoms with E-state index in [0.29, 0.717) is 31.6 Å². The summed E-state index contributed by atoms with van der Waals surface area (Å²) < 4.78 is 13.6. The molecule has 0 atom stereocenters. The summed E-state index contributed by atoms with van der Waals surface area (Å²) in [5.41, 5.74) is 2.14. The van der Waals surface area contributed by atoms with Crippen LogP contribution in [-0.2, 0) is 0 Å². The molecule has 0 unspecified atom stereocenters. The van der Waals surface area contributed by atoms with Crippen LogP contribution >= 0.6 is 0 Å². The minimum atomic E-state index is -0.394. The molecule has 0 aliphatic carbocycles. The summed E-state index contributed by atoms with van der Waals surface area (Å²) in [7, 11) is 0. The van der Waals surface area contributed by atoms with Crippen molar-refractivity contribution in [3.05, 3.63) is 54.3 Å². The van der Waals surface area contributed by atoms with E-state index >= 15 is 0 Å². The minimum absolute atomic E-state index is 0.264. The van der Waals surface area contributed by atoms with Crippen LogP contribution in [0.3, 0.4) is 0 Å². The average Bonchev–Trinajstić information content (AvgIpc) is 2.56. The molecule has 5 heteroatoms. The van der Waals surface area contributed by atoms with Crippen LogP contribution in [0.1, 0.15) is 12.8 Å². The highest BCUT2D eigenvalue weighted by Gasteiger charge is 2.22. The number of urea groups is 1. The van der Waals surface area contributed by atoms with Crippen molar-refractivity contribution in [1.82, 2.24) is 4.90 Å². The molecule has 1 saturated heterocycles. The maximum Gasteiger partial charge on any atom is 0.321 e. The van der Waals surface area contributed by atoms with Crippen molar-refractivity contribution >= 4 is 11.7 Å². The van der Waals surface area contributed by atoms with Crippen molar-refractivity contribution < 1.29 is 14.3 Å². The van der Waals surface area contributed by atoms with Gasteiger partial charge in [0.1, 0.15) is 5.82 Å². The fourth-order valence-electron chi connectivity index (χ4n) is 2.75. The fraction of sp³-hybridized carbons (Fsp3) is 0.278. The van der Waals surface area contributed by atoms with Crippen molar-refractivity contribution in [1.29, 1.82) is 0 Å². The first-order valence-electron chi connectivity index (χ1n) is 7.72. The number of aliphatic hydroxyl groups is 1. The van der Waals surface area contributed by atoms with Crippen molar-refractivity contribution in [2.75, 3.05) is 18.4 Å². The summed E-state index contributed by atoms with van der Waals surface area (Å²) >= 11 is 0. The first-order chi connectivity index (χ1) is 11.1. The minimum Gasteiger partial charge on any atom is -0.393 e. The predicted molar refractivity (Wildman–Crippen MR) is 87.7 cm³/mol. The molecule has 1 aliphatic heterocycles. The third-order valence-corrected chi connectivity index (χ3v) is 4.06. The van der Waals surface area contributed by atoms with Crippen LogP contribution in [0.4, 0.5) is 14.9 Å². The third-order valence-electron chi connectivity index (χ3n) is 4.06. The second-order valence-electron chi connectivity index (χ2n) is 5.70. The Morgan fingerprint density at radius 1 is 1.13 bits per heavy atom. The Kier molecular flexibility index (Phi) is 4.57. The van der Waals surface area contributed by atoms with Crippen LogP contribution in [-0.4, -0.2) is 35.2 Å². The summed E-state index contributed by atoms with van der Waals surface area (Å²) in [4.78, 5) is 14.0. The number of anilines is 1. The van der Waals surface area contributed by atoms with E-state index in [0.717, 1.165) is 11.1 Å². The van der Waals surface area contributed by atoms with Gasteiger partial charge in [0, 0.05) is 18.7 Å². The molecule has 2 N–H and O–H groups in total. The van der Waals surface area contributed by atoms with Gasteiger partial charge in [-0.3, -0.25) is 0 Å². The van der Waals surface area contributed by atoms with E-state index in [9.17, 15) is 14.3 Å². The van der Waals surface area contributed by atoms with Gasteiger partial charge in [-0.25, -0.2) is 9.18 Å². The Bertz CT molecular complexity index is 683. The molecule has 23 heavy (non-hydrogen) atoms. The molecule has 0 aromatic heterocycles. The molecule has 4 nitrogen and oxygen atoms in total. The molecular weight excluding hydrogens is 295 g/mol. The number of likely N-dealkylation sites (tertiary alicyclic amines) is 1. The zero-order chi connectivity index (χ0) is 16.2. The Labute approximate surface area is 134 Å². The van der Waals surface area contributed by atoms with Gasteiger partial charge in [-0.2, -0.15) is 0 Å². The molecule has 1 heterocycles. The number of benzene rings is 2. The number of nitrogens with one attached hydrogen (secondary N) is 1. The highest BCUT2D eigenvalue weighted by molar-refractivity contribution is 5.94. The fourth-order valence-corrected chi connectivity index (χ4v) is 2.75. The first-order valence-corrected chi connectivity index (χ1v) is 7.72. The van der Waals surface area contributed by atoms with Crippen molar-refractivity contribution in [3.8, 4) is 11.1 Å². The number of carbonyl (C=O) groups is 1. The summed E-state index contributed by atoms with van der Waals surface area (Å²) in [5, 5.41) is 12.3. The van der Waals surface area contributed by atoms with Crippen LogP contribution in [0.2, 0.25) is 0 Å². The summed E-state index contributed by atoms with van der Waals surface area (Å²) in [6.45, 7) is 1.01. The van der Waals surface area contributed by atoms with Gasteiger partial charge in [0.2, 0.25) is 0 Å². The van der Waals surface area contributed by atoms with Crippen molar-refractivity contribution in [3.63, 3.8) is 0 Å². The molecule has 2 aromatic carbocycles. The highest BCUT2D eigenvalue weighted by Crippen LogP contribution is 2.29. The first kappa shape index (κ1) is 15.5. The molecule has 3 rings (SSSR count). The summed E-state index contributed by atoms with van der Waals surface area (Å²) in [5.74, 6) is -0.394. The van der Waals surface area contributed by atoms with E-state index in [4.69, 9.17) is 0 Å². The molecule has 0 saturated carbocycles. The van der Waals surface area contributed by atoms with E-state index in [-0.39, 0.29) is 12.1 Å². The molecule has 2 amide bonds. The summed E-state index contributed by atoms with van der Waals surface area (Å²) in [6, 6.07) is 13.7. The lowest BCUT2D eigenvalue weighted by Crippen LogP contribution is -2.42. The second kappa shape index (κ2) is 6.79. The predicted octanol–water partition coefficient (Wildman–Crippen LogP) is 3.48. The Morgan fingerprint density at radius 2 is 1.83 bits per heavy atom. The number of nitrogens with zero attached hydrogens (tertiary/aromatic N) is 1. The van der Waals surface area contributed by atoms with Crippen LogP contribution in [0, 0.1) is 5.82 Å². The standard InChI is InChI=1S/C18H19FN2O2/c19-14-6-7-16(13-4-2-1-3-5-13)17(12-14)20-18(23)21-10-8-15(22)9-11-21/h1-7,12,15,22H,8-11H2,(H,20,23). The van der Waals surface area contributed by atoms with Gasteiger partial charge in [0.25, 0.3) is 0 Å². The van der Waals surface area contributed by atoms with E-state index in [1.165, 1.54) is 12.1 Å². The average molecular weight is 314 g/mol. The lowest BCUT2D eigenvalue weighted by molar-refractivity contribution is 0.0972. The van der Waals surface area contributed by atoms with E-state index < -0.39 is 5.82 Å². The van der Waals surface area contributed by atoms with Gasteiger partial charge in [-0.15, -0.1) is 0 Å². The Hall–Kier alpha value is -2.40. The van der Waals surface area contributed by atoms with Gasteiger partial charge in [0.15, 0.2) is 0 Å². The molecule has 0 bridgehead atoms. The topological polar surface area (TPSA) is 52.6 Å². The highest BCUT2D eigenvalue weighted by atomic mass is 19.1. The lowest BCUT2D eigenvalue weighted by Gasteiger charge is -2.30. The van der Waals surface area contributed by atoms with Crippen molar-refractivity contribution in [2.45, 2.75) is 18.9 Å². The normalized spacial score (nSPS) is 15.5. The maximum absolute atomic E-state index is 13.6. The number of halogens is 1. The van der Waals surface area contributed by atoms with Gasteiger partial charge in [-0.1, -0.05) is 30.3 Å². The zero-order valence-electron chi connectivity index (χ0n) is 12.7. The smallest absolute Gasteiger partial charge is 0.321 e. The molecule has 2 aromatic rings. The second-order valence-corrected chi connectivity index (χ2v) is 5.70. The molecule has 1 fully saturated rings. The van der Waals surface area contributed by atoms with Crippen molar-refractivity contribution in [2.24, 2.45) is 0 Å². The molecule has 0 spiro atoms. The van der Waals surface area contributed by atoms with Gasteiger partial charge in [-0.05, 0) is 36.6 Å². The van der Waals surface area contributed by atoms with Crippen LogP contribution in [0.25, 0.3) is 11.1 Å². The van der Waals surface area contributed by atoms with Gasteiger partial charge in [0.05, 0.1) is 11.8 Å². The number of piperidine rings is 1. The van der Waals surface area contributed by atoms with E-state index in [1.807, 2.05) is 30.3 Å². The van der Waals surface area contributed by atoms with Crippen LogP contribution in [0.5, 0.6) is 0 Å². The number of hydrogen-bond acceptors (Lipinski definition) is 2. The number of carbonyl (C=O) groups excluding carboxylic acids is 1. The quantitative estimate of drug-likeness (QED) is 0.891.